The number of rotatable bonds is 3. The van der Waals surface area contributed by atoms with Crippen LogP contribution < -0.4 is 0 Å². The first kappa shape index (κ1) is 25.2. The normalized spacial score (nSPS) is 11.0. The summed E-state index contributed by atoms with van der Waals surface area (Å²) in [5, 5.41) is 10.9. The van der Waals surface area contributed by atoms with Gasteiger partial charge in [0.1, 0.15) is 0 Å². The predicted molar refractivity (Wildman–Crippen MR) is 141 cm³/mol. The smallest absolute Gasteiger partial charge is 0.167 e. The minimum atomic E-state index is 0.425. The lowest BCUT2D eigenvalue weighted by Gasteiger charge is -2.00. The Hall–Kier alpha value is -3.47. The summed E-state index contributed by atoms with van der Waals surface area (Å²) in [5.74, 6) is 1.46. The van der Waals surface area contributed by atoms with Crippen molar-refractivity contribution >= 4 is 21.9 Å². The van der Waals surface area contributed by atoms with Crippen LogP contribution in [-0.4, -0.2) is 19.9 Å². The molecule has 0 aliphatic carbocycles. The standard InChI is InChI=1S/C11H14N2.C10H11NO.C8H11N/c1-8(2)11-9-6-4-5-7-10(9)13(3)12-11;1-7(2)10-8-5-3-4-6-9(8)12-11-10;1-7(2)8-5-3-4-6-9-8/h4-8H,1-3H3;3-7H,1-2H3;3-7H,1-2H3. The molecule has 0 fully saturated rings. The van der Waals surface area contributed by atoms with Gasteiger partial charge in [0.25, 0.3) is 0 Å². The number of hydrogen-bond donors (Lipinski definition) is 0. The number of benzene rings is 2. The molecule has 0 radical (unpaired) electrons. The van der Waals surface area contributed by atoms with Gasteiger partial charge in [-0.3, -0.25) is 9.67 Å². The van der Waals surface area contributed by atoms with Crippen molar-refractivity contribution in [1.82, 2.24) is 19.9 Å². The molecule has 0 unspecified atom stereocenters. The topological polar surface area (TPSA) is 56.7 Å². The van der Waals surface area contributed by atoms with E-state index in [1.54, 1.807) is 0 Å². The van der Waals surface area contributed by atoms with Gasteiger partial charge in [-0.2, -0.15) is 5.10 Å². The van der Waals surface area contributed by atoms with Gasteiger partial charge in [0.15, 0.2) is 5.58 Å². The number of nitrogens with zero attached hydrogens (tertiary/aromatic N) is 4. The van der Waals surface area contributed by atoms with Crippen molar-refractivity contribution in [3.05, 3.63) is 90.0 Å². The number of para-hydroxylation sites is 2. The summed E-state index contributed by atoms with van der Waals surface area (Å²) in [6, 6.07) is 22.3. The molecule has 0 atom stereocenters. The molecule has 0 saturated heterocycles. The van der Waals surface area contributed by atoms with Crippen molar-refractivity contribution in [3.8, 4) is 0 Å². The van der Waals surface area contributed by atoms with Gasteiger partial charge in [0, 0.05) is 29.7 Å². The van der Waals surface area contributed by atoms with Crippen LogP contribution in [0.15, 0.2) is 77.4 Å². The van der Waals surface area contributed by atoms with Crippen molar-refractivity contribution in [2.75, 3.05) is 0 Å². The van der Waals surface area contributed by atoms with Gasteiger partial charge in [0.2, 0.25) is 0 Å². The molecule has 178 valence electrons. The largest absolute Gasteiger partial charge is 0.356 e. The maximum Gasteiger partial charge on any atom is 0.167 e. The summed E-state index contributed by atoms with van der Waals surface area (Å²) in [4.78, 5) is 4.18. The molecule has 0 aliphatic rings. The zero-order valence-corrected chi connectivity index (χ0v) is 21.4. The van der Waals surface area contributed by atoms with E-state index in [1.165, 1.54) is 16.6 Å². The fourth-order valence-electron chi connectivity index (χ4n) is 3.71. The fraction of sp³-hybridized carbons (Fsp3) is 0.345. The van der Waals surface area contributed by atoms with E-state index < -0.39 is 0 Å². The molecule has 0 bridgehead atoms. The van der Waals surface area contributed by atoms with E-state index >= 15 is 0 Å². The third-order valence-electron chi connectivity index (χ3n) is 5.56. The van der Waals surface area contributed by atoms with E-state index in [9.17, 15) is 0 Å². The zero-order chi connectivity index (χ0) is 24.7. The second kappa shape index (κ2) is 11.6. The molecule has 0 amide bonds. The van der Waals surface area contributed by atoms with Crippen LogP contribution in [0, 0.1) is 0 Å². The monoisotopic (exact) mass is 456 g/mol. The Morgan fingerprint density at radius 2 is 1.29 bits per heavy atom. The maximum atomic E-state index is 5.16. The van der Waals surface area contributed by atoms with E-state index in [1.807, 2.05) is 66.5 Å². The Balaban J connectivity index is 0.000000146. The Bertz CT molecular complexity index is 1300. The Kier molecular flexibility index (Phi) is 8.58. The quantitative estimate of drug-likeness (QED) is 0.277. The average Bonchev–Trinajstić information content (AvgIpc) is 3.42. The molecule has 3 aromatic heterocycles. The Morgan fingerprint density at radius 3 is 1.88 bits per heavy atom. The summed E-state index contributed by atoms with van der Waals surface area (Å²) < 4.78 is 7.11. The highest BCUT2D eigenvalue weighted by atomic mass is 16.5. The van der Waals surface area contributed by atoms with Gasteiger partial charge in [-0.25, -0.2) is 0 Å². The number of aryl methyl sites for hydroxylation is 1. The summed E-state index contributed by atoms with van der Waals surface area (Å²) in [6.45, 7) is 12.9. The first-order chi connectivity index (χ1) is 16.3. The van der Waals surface area contributed by atoms with Gasteiger partial charge in [0.05, 0.1) is 16.9 Å². The molecular formula is C29H36N4O. The van der Waals surface area contributed by atoms with Gasteiger partial charge in [-0.1, -0.05) is 83.1 Å². The van der Waals surface area contributed by atoms with Gasteiger partial charge >= 0.3 is 0 Å². The van der Waals surface area contributed by atoms with E-state index in [-0.39, 0.29) is 0 Å². The number of fused-ring (bicyclic) bond motifs is 2. The van der Waals surface area contributed by atoms with E-state index in [2.05, 4.69) is 75.0 Å². The third-order valence-corrected chi connectivity index (χ3v) is 5.56. The van der Waals surface area contributed by atoms with Crippen molar-refractivity contribution in [1.29, 1.82) is 0 Å². The second-order valence-electron chi connectivity index (χ2n) is 9.31. The molecule has 5 rings (SSSR count). The number of aromatic nitrogens is 4. The van der Waals surface area contributed by atoms with Crippen LogP contribution in [0.2, 0.25) is 0 Å². The molecule has 5 heteroatoms. The highest BCUT2D eigenvalue weighted by Gasteiger charge is 2.10. The molecule has 5 nitrogen and oxygen atoms in total. The van der Waals surface area contributed by atoms with Crippen molar-refractivity contribution in [2.24, 2.45) is 7.05 Å². The lowest BCUT2D eigenvalue weighted by Crippen LogP contribution is -1.92. The Labute approximate surface area is 202 Å². The van der Waals surface area contributed by atoms with E-state index in [0.29, 0.717) is 17.8 Å². The molecule has 2 aromatic carbocycles. The second-order valence-corrected chi connectivity index (χ2v) is 9.31. The molecule has 0 saturated carbocycles. The van der Waals surface area contributed by atoms with Crippen molar-refractivity contribution in [3.63, 3.8) is 0 Å². The summed E-state index contributed by atoms with van der Waals surface area (Å²) >= 11 is 0. The van der Waals surface area contributed by atoms with Crippen molar-refractivity contribution < 1.29 is 4.52 Å². The van der Waals surface area contributed by atoms with E-state index in [4.69, 9.17) is 4.52 Å². The molecule has 3 heterocycles. The van der Waals surface area contributed by atoms with Crippen LogP contribution in [0.5, 0.6) is 0 Å². The first-order valence-electron chi connectivity index (χ1n) is 12.0. The molecule has 0 spiro atoms. The van der Waals surface area contributed by atoms with Crippen LogP contribution >= 0.6 is 0 Å². The number of hydrogen-bond acceptors (Lipinski definition) is 4. The molecular weight excluding hydrogens is 420 g/mol. The first-order valence-corrected chi connectivity index (χ1v) is 12.0. The molecule has 34 heavy (non-hydrogen) atoms. The molecule has 0 N–H and O–H groups in total. The minimum absolute atomic E-state index is 0.425. The van der Waals surface area contributed by atoms with Gasteiger partial charge in [-0.15, -0.1) is 0 Å². The highest BCUT2D eigenvalue weighted by Crippen LogP contribution is 2.24. The maximum absolute atomic E-state index is 5.16. The lowest BCUT2D eigenvalue weighted by molar-refractivity contribution is 0.441. The Morgan fingerprint density at radius 1 is 0.676 bits per heavy atom. The minimum Gasteiger partial charge on any atom is -0.356 e. The predicted octanol–water partition coefficient (Wildman–Crippen LogP) is 7.85. The van der Waals surface area contributed by atoms with Crippen molar-refractivity contribution in [2.45, 2.75) is 59.3 Å². The van der Waals surface area contributed by atoms with Gasteiger partial charge in [-0.05, 0) is 48.1 Å². The summed E-state index contributed by atoms with van der Waals surface area (Å²) in [7, 11) is 1.99. The summed E-state index contributed by atoms with van der Waals surface area (Å²) in [5.41, 5.74) is 5.49. The van der Waals surface area contributed by atoms with Crippen LogP contribution in [0.4, 0.5) is 0 Å². The lowest BCUT2D eigenvalue weighted by atomic mass is 10.1. The summed E-state index contributed by atoms with van der Waals surface area (Å²) in [6.07, 6.45) is 1.83. The van der Waals surface area contributed by atoms with Crippen LogP contribution in [0.1, 0.15) is 76.4 Å². The average molecular weight is 457 g/mol. The highest BCUT2D eigenvalue weighted by molar-refractivity contribution is 5.82. The third kappa shape index (κ3) is 6.10. The fourth-order valence-corrected chi connectivity index (χ4v) is 3.71. The molecule has 0 aliphatic heterocycles. The van der Waals surface area contributed by atoms with Gasteiger partial charge < -0.3 is 4.52 Å². The number of pyridine rings is 1. The van der Waals surface area contributed by atoms with Crippen LogP contribution in [-0.2, 0) is 7.05 Å². The zero-order valence-electron chi connectivity index (χ0n) is 21.4. The van der Waals surface area contributed by atoms with E-state index in [0.717, 1.165) is 22.4 Å². The van der Waals surface area contributed by atoms with Crippen LogP contribution in [0.3, 0.4) is 0 Å². The van der Waals surface area contributed by atoms with Crippen LogP contribution in [0.25, 0.3) is 21.9 Å². The SMILES string of the molecule is CC(C)c1ccccn1.CC(C)c1nn(C)c2ccccc12.CC(C)c1noc2ccccc12. The molecule has 5 aromatic rings.